The Morgan fingerprint density at radius 2 is 2.00 bits per heavy atom. The first-order valence-corrected chi connectivity index (χ1v) is 7.47. The maximum Gasteiger partial charge on any atom is 0.334 e. The van der Waals surface area contributed by atoms with Crippen molar-refractivity contribution in [3.63, 3.8) is 0 Å². The second-order valence-corrected chi connectivity index (χ2v) is 5.32. The highest BCUT2D eigenvalue weighted by molar-refractivity contribution is 5.88. The second-order valence-electron chi connectivity index (χ2n) is 5.32. The summed E-state index contributed by atoms with van der Waals surface area (Å²) < 4.78 is 4.84. The molecule has 0 aliphatic heterocycles. The lowest BCUT2D eigenvalue weighted by Crippen LogP contribution is -2.22. The molecule has 1 saturated carbocycles. The first-order valence-electron chi connectivity index (χ1n) is 7.47. The van der Waals surface area contributed by atoms with Gasteiger partial charge in [-0.15, -0.1) is 0 Å². The summed E-state index contributed by atoms with van der Waals surface area (Å²) in [6.45, 7) is 0.842. The molecule has 2 rings (SSSR count). The molecular formula is C17H23NO3. The van der Waals surface area contributed by atoms with E-state index < -0.39 is 0 Å². The van der Waals surface area contributed by atoms with Crippen molar-refractivity contribution in [1.82, 2.24) is 5.48 Å². The Labute approximate surface area is 126 Å². The fourth-order valence-electron chi connectivity index (χ4n) is 2.58. The van der Waals surface area contributed by atoms with Gasteiger partial charge in [0.05, 0.1) is 20.3 Å². The molecule has 0 unspecified atom stereocenters. The van der Waals surface area contributed by atoms with Gasteiger partial charge in [-0.1, -0.05) is 49.2 Å². The zero-order valence-electron chi connectivity index (χ0n) is 12.5. The highest BCUT2D eigenvalue weighted by Crippen LogP contribution is 2.26. The summed E-state index contributed by atoms with van der Waals surface area (Å²) in [6, 6.07) is 9.91. The molecule has 1 aromatic rings. The molecular weight excluding hydrogens is 266 g/mol. The van der Waals surface area contributed by atoms with Gasteiger partial charge in [-0.25, -0.2) is 4.79 Å². The topological polar surface area (TPSA) is 47.6 Å². The van der Waals surface area contributed by atoms with Crippen molar-refractivity contribution in [2.45, 2.75) is 32.3 Å². The molecule has 0 bridgehead atoms. The number of benzene rings is 1. The van der Waals surface area contributed by atoms with Crippen LogP contribution in [-0.2, 0) is 21.0 Å². The highest BCUT2D eigenvalue weighted by atomic mass is 16.6. The second kappa shape index (κ2) is 8.60. The van der Waals surface area contributed by atoms with Gasteiger partial charge < -0.3 is 4.74 Å². The zero-order valence-corrected chi connectivity index (χ0v) is 12.5. The number of rotatable bonds is 7. The molecule has 1 N–H and O–H groups in total. The third kappa shape index (κ3) is 5.33. The first kappa shape index (κ1) is 15.7. The predicted octanol–water partition coefficient (Wildman–Crippen LogP) is 3.00. The molecule has 0 aromatic heterocycles. The first-order chi connectivity index (χ1) is 10.3. The molecule has 0 saturated heterocycles. The van der Waals surface area contributed by atoms with Crippen molar-refractivity contribution in [2.24, 2.45) is 5.92 Å². The Morgan fingerprint density at radius 1 is 1.29 bits per heavy atom. The van der Waals surface area contributed by atoms with Crippen LogP contribution in [-0.4, -0.2) is 19.6 Å². The van der Waals surface area contributed by atoms with Gasteiger partial charge >= 0.3 is 5.97 Å². The number of hydrogen-bond acceptors (Lipinski definition) is 4. The minimum Gasteiger partial charge on any atom is -0.466 e. The van der Waals surface area contributed by atoms with E-state index >= 15 is 0 Å². The molecule has 0 heterocycles. The van der Waals surface area contributed by atoms with Gasteiger partial charge in [-0.3, -0.25) is 4.84 Å². The normalized spacial score (nSPS) is 16.1. The third-order valence-electron chi connectivity index (χ3n) is 3.73. The van der Waals surface area contributed by atoms with Crippen LogP contribution in [0.1, 0.15) is 31.2 Å². The number of ether oxygens (including phenoxy) is 1. The van der Waals surface area contributed by atoms with Gasteiger partial charge in [-0.2, -0.15) is 5.48 Å². The summed E-state index contributed by atoms with van der Waals surface area (Å²) in [5.74, 6) is 0.215. The van der Waals surface area contributed by atoms with E-state index in [1.54, 1.807) is 0 Å². The molecule has 1 aromatic carbocycles. The number of hydroxylamine groups is 1. The monoisotopic (exact) mass is 289 g/mol. The van der Waals surface area contributed by atoms with Crippen LogP contribution in [0.5, 0.6) is 0 Å². The molecule has 1 fully saturated rings. The average Bonchev–Trinajstić information content (AvgIpc) is 3.03. The van der Waals surface area contributed by atoms with Gasteiger partial charge in [0.25, 0.3) is 0 Å². The number of nitrogens with one attached hydrogen (secondary N) is 1. The Morgan fingerprint density at radius 3 is 2.67 bits per heavy atom. The summed E-state index contributed by atoms with van der Waals surface area (Å²) in [6.07, 6.45) is 6.84. The number of methoxy groups -OCH3 is 1. The van der Waals surface area contributed by atoms with Crippen LogP contribution >= 0.6 is 0 Å². The fourth-order valence-corrected chi connectivity index (χ4v) is 2.58. The van der Waals surface area contributed by atoms with Crippen molar-refractivity contribution in [3.8, 4) is 0 Å². The smallest absolute Gasteiger partial charge is 0.334 e. The highest BCUT2D eigenvalue weighted by Gasteiger charge is 2.17. The quantitative estimate of drug-likeness (QED) is 0.363. The van der Waals surface area contributed by atoms with Crippen molar-refractivity contribution >= 4 is 5.97 Å². The number of carbonyl (C=O) groups excluding carboxylic acids is 1. The molecule has 1 aliphatic rings. The summed E-state index contributed by atoms with van der Waals surface area (Å²) >= 11 is 0. The molecule has 21 heavy (non-hydrogen) atoms. The Hall–Kier alpha value is -1.65. The predicted molar refractivity (Wildman–Crippen MR) is 81.3 cm³/mol. The fraction of sp³-hybridized carbons (Fsp3) is 0.471. The standard InChI is InChI=1S/C17H23NO3/c1-20-17(19)16(11-14-7-5-6-8-14)12-18-21-13-15-9-3-2-4-10-15/h2-4,9-11,14,18H,5-8,12-13H2,1H3/b16-11+. The summed E-state index contributed by atoms with van der Waals surface area (Å²) in [5.41, 5.74) is 4.59. The van der Waals surface area contributed by atoms with Crippen molar-refractivity contribution in [2.75, 3.05) is 13.7 Å². The van der Waals surface area contributed by atoms with E-state index in [0.29, 0.717) is 24.6 Å². The summed E-state index contributed by atoms with van der Waals surface area (Å²) in [5, 5.41) is 0. The van der Waals surface area contributed by atoms with Gasteiger partial charge in [0.1, 0.15) is 0 Å². The summed E-state index contributed by atoms with van der Waals surface area (Å²) in [4.78, 5) is 17.2. The Bertz CT molecular complexity index is 464. The van der Waals surface area contributed by atoms with E-state index in [0.717, 1.165) is 18.4 Å². The van der Waals surface area contributed by atoms with Crippen LogP contribution in [0.25, 0.3) is 0 Å². The van der Waals surface area contributed by atoms with Crippen LogP contribution < -0.4 is 5.48 Å². The molecule has 0 radical (unpaired) electrons. The van der Waals surface area contributed by atoms with Crippen LogP contribution in [0.15, 0.2) is 42.0 Å². The molecule has 0 spiro atoms. The minimum absolute atomic E-state index is 0.280. The largest absolute Gasteiger partial charge is 0.466 e. The van der Waals surface area contributed by atoms with E-state index in [-0.39, 0.29) is 5.97 Å². The SMILES string of the molecule is COC(=O)/C(=C/C1CCCC1)CNOCc1ccccc1. The third-order valence-corrected chi connectivity index (χ3v) is 3.73. The molecule has 0 amide bonds. The van der Waals surface area contributed by atoms with Crippen LogP contribution in [0.2, 0.25) is 0 Å². The minimum atomic E-state index is -0.280. The maximum atomic E-state index is 11.8. The van der Waals surface area contributed by atoms with Crippen molar-refractivity contribution < 1.29 is 14.4 Å². The maximum absolute atomic E-state index is 11.8. The van der Waals surface area contributed by atoms with Crippen LogP contribution in [0, 0.1) is 5.92 Å². The molecule has 114 valence electrons. The van der Waals surface area contributed by atoms with E-state index in [4.69, 9.17) is 9.57 Å². The van der Waals surface area contributed by atoms with Gasteiger partial charge in [-0.05, 0) is 24.3 Å². The molecule has 0 atom stereocenters. The van der Waals surface area contributed by atoms with E-state index in [9.17, 15) is 4.79 Å². The Balaban J connectivity index is 1.80. The van der Waals surface area contributed by atoms with E-state index in [2.05, 4.69) is 5.48 Å². The van der Waals surface area contributed by atoms with Gasteiger partial charge in [0, 0.05) is 5.57 Å². The van der Waals surface area contributed by atoms with E-state index in [1.807, 2.05) is 36.4 Å². The van der Waals surface area contributed by atoms with Gasteiger partial charge in [0.2, 0.25) is 0 Å². The van der Waals surface area contributed by atoms with Crippen molar-refractivity contribution in [3.05, 3.63) is 47.5 Å². The summed E-state index contributed by atoms with van der Waals surface area (Å²) in [7, 11) is 1.41. The lowest BCUT2D eigenvalue weighted by atomic mass is 10.0. The molecule has 4 nitrogen and oxygen atoms in total. The van der Waals surface area contributed by atoms with Crippen LogP contribution in [0.4, 0.5) is 0 Å². The average molecular weight is 289 g/mol. The number of esters is 1. The molecule has 1 aliphatic carbocycles. The zero-order chi connectivity index (χ0) is 14.9. The van der Waals surface area contributed by atoms with Crippen molar-refractivity contribution in [1.29, 1.82) is 0 Å². The van der Waals surface area contributed by atoms with Crippen LogP contribution in [0.3, 0.4) is 0 Å². The van der Waals surface area contributed by atoms with E-state index in [1.165, 1.54) is 20.0 Å². The number of hydrogen-bond donors (Lipinski definition) is 1. The van der Waals surface area contributed by atoms with Gasteiger partial charge in [0.15, 0.2) is 0 Å². The molecule has 4 heteroatoms. The lowest BCUT2D eigenvalue weighted by Gasteiger charge is -2.10. The Kier molecular flexibility index (Phi) is 6.44. The number of allylic oxidation sites excluding steroid dienone is 1. The number of carbonyl (C=O) groups is 1. The lowest BCUT2D eigenvalue weighted by molar-refractivity contribution is -0.136.